The third-order valence-electron chi connectivity index (χ3n) is 3.48. The minimum Gasteiger partial charge on any atom is -0.356 e. The molecule has 0 aromatic heterocycles. The second kappa shape index (κ2) is 7.77. The smallest absolute Gasteiger partial charge is 0.284 e. The number of halogens is 2. The van der Waals surface area contributed by atoms with Crippen molar-refractivity contribution < 1.29 is 12.8 Å². The van der Waals surface area contributed by atoms with Crippen LogP contribution in [-0.2, 0) is 10.0 Å². The third-order valence-corrected chi connectivity index (χ3v) is 5.02. The SMILES string of the molecule is CCN(CC)/C(=N\S(=O)(=O)c1ccc(Cl)cc1)c1ccc(F)cc1. The van der Waals surface area contributed by atoms with Gasteiger partial charge in [0.1, 0.15) is 11.7 Å². The summed E-state index contributed by atoms with van der Waals surface area (Å²) < 4.78 is 42.4. The number of benzene rings is 2. The van der Waals surface area contributed by atoms with E-state index < -0.39 is 15.8 Å². The zero-order valence-electron chi connectivity index (χ0n) is 13.4. The first-order valence-corrected chi connectivity index (χ1v) is 9.30. The molecular formula is C17H18ClFN2O2S. The van der Waals surface area contributed by atoms with E-state index in [2.05, 4.69) is 4.40 Å². The van der Waals surface area contributed by atoms with Crippen molar-refractivity contribution in [2.24, 2.45) is 4.40 Å². The van der Waals surface area contributed by atoms with Crippen LogP contribution < -0.4 is 0 Å². The van der Waals surface area contributed by atoms with Crippen LogP contribution in [0.4, 0.5) is 4.39 Å². The highest BCUT2D eigenvalue weighted by Gasteiger charge is 2.18. The molecular weight excluding hydrogens is 351 g/mol. The first-order chi connectivity index (χ1) is 11.4. The molecule has 2 aromatic rings. The highest BCUT2D eigenvalue weighted by Crippen LogP contribution is 2.18. The van der Waals surface area contributed by atoms with Crippen molar-refractivity contribution in [1.82, 2.24) is 4.90 Å². The Balaban J connectivity index is 2.54. The molecule has 7 heteroatoms. The number of rotatable bonds is 5. The van der Waals surface area contributed by atoms with Crippen LogP contribution in [-0.4, -0.2) is 32.2 Å². The van der Waals surface area contributed by atoms with Gasteiger partial charge in [-0.3, -0.25) is 0 Å². The van der Waals surface area contributed by atoms with E-state index in [9.17, 15) is 12.8 Å². The molecule has 0 radical (unpaired) electrons. The molecule has 0 amide bonds. The second-order valence-electron chi connectivity index (χ2n) is 5.02. The zero-order chi connectivity index (χ0) is 17.7. The third kappa shape index (κ3) is 4.33. The van der Waals surface area contributed by atoms with Crippen molar-refractivity contribution >= 4 is 27.5 Å². The summed E-state index contributed by atoms with van der Waals surface area (Å²) in [5, 5.41) is 0.445. The van der Waals surface area contributed by atoms with E-state index in [1.165, 1.54) is 48.5 Å². The highest BCUT2D eigenvalue weighted by atomic mass is 35.5. The van der Waals surface area contributed by atoms with Crippen molar-refractivity contribution in [3.05, 3.63) is 64.9 Å². The fourth-order valence-electron chi connectivity index (χ4n) is 2.19. The van der Waals surface area contributed by atoms with Crippen LogP contribution in [0.2, 0.25) is 5.02 Å². The molecule has 24 heavy (non-hydrogen) atoms. The quantitative estimate of drug-likeness (QED) is 0.593. The van der Waals surface area contributed by atoms with Crippen LogP contribution in [0.1, 0.15) is 19.4 Å². The van der Waals surface area contributed by atoms with Gasteiger partial charge in [0.2, 0.25) is 0 Å². The molecule has 0 aliphatic rings. The Kier molecular flexibility index (Phi) is 5.96. The van der Waals surface area contributed by atoms with E-state index >= 15 is 0 Å². The van der Waals surface area contributed by atoms with Gasteiger partial charge in [-0.15, -0.1) is 4.40 Å². The molecule has 0 atom stereocenters. The molecule has 0 aliphatic heterocycles. The Morgan fingerprint density at radius 2 is 1.58 bits per heavy atom. The van der Waals surface area contributed by atoms with Gasteiger partial charge in [-0.05, 0) is 62.4 Å². The molecule has 2 rings (SSSR count). The van der Waals surface area contributed by atoms with E-state index in [1.54, 1.807) is 4.90 Å². The minimum atomic E-state index is -3.91. The van der Waals surface area contributed by atoms with Crippen molar-refractivity contribution in [2.75, 3.05) is 13.1 Å². The fraction of sp³-hybridized carbons (Fsp3) is 0.235. The molecule has 0 saturated heterocycles. The van der Waals surface area contributed by atoms with Crippen LogP contribution in [0.15, 0.2) is 57.8 Å². The summed E-state index contributed by atoms with van der Waals surface area (Å²) in [6, 6.07) is 11.4. The molecule has 4 nitrogen and oxygen atoms in total. The first kappa shape index (κ1) is 18.4. The Morgan fingerprint density at radius 3 is 2.08 bits per heavy atom. The monoisotopic (exact) mass is 368 g/mol. The van der Waals surface area contributed by atoms with Gasteiger partial charge in [0, 0.05) is 23.7 Å². The van der Waals surface area contributed by atoms with E-state index in [4.69, 9.17) is 11.6 Å². The minimum absolute atomic E-state index is 0.0543. The van der Waals surface area contributed by atoms with Crippen molar-refractivity contribution in [2.45, 2.75) is 18.7 Å². The largest absolute Gasteiger partial charge is 0.356 e. The van der Waals surface area contributed by atoms with Gasteiger partial charge in [0.25, 0.3) is 10.0 Å². The van der Waals surface area contributed by atoms with Crippen LogP contribution in [0.3, 0.4) is 0 Å². The predicted molar refractivity (Wildman–Crippen MR) is 94.5 cm³/mol. The van der Waals surface area contributed by atoms with Crippen LogP contribution >= 0.6 is 11.6 Å². The van der Waals surface area contributed by atoms with Gasteiger partial charge in [0.15, 0.2) is 0 Å². The lowest BCUT2D eigenvalue weighted by atomic mass is 10.2. The summed E-state index contributed by atoms with van der Waals surface area (Å²) in [7, 11) is -3.91. The van der Waals surface area contributed by atoms with E-state index in [-0.39, 0.29) is 10.7 Å². The van der Waals surface area contributed by atoms with E-state index in [1.807, 2.05) is 13.8 Å². The lowest BCUT2D eigenvalue weighted by Gasteiger charge is -2.23. The molecule has 2 aromatic carbocycles. The predicted octanol–water partition coefficient (Wildman–Crippen LogP) is 3.96. The summed E-state index contributed by atoms with van der Waals surface area (Å²) in [5.74, 6) is -0.104. The topological polar surface area (TPSA) is 49.7 Å². The molecule has 0 fully saturated rings. The number of hydrogen-bond donors (Lipinski definition) is 0. The maximum atomic E-state index is 13.2. The first-order valence-electron chi connectivity index (χ1n) is 7.48. The van der Waals surface area contributed by atoms with Gasteiger partial charge in [-0.25, -0.2) is 4.39 Å². The summed E-state index contributed by atoms with van der Waals surface area (Å²) in [6.07, 6.45) is 0. The summed E-state index contributed by atoms with van der Waals surface area (Å²) >= 11 is 5.80. The molecule has 0 saturated carbocycles. The summed E-state index contributed by atoms with van der Waals surface area (Å²) in [5.41, 5.74) is 0.539. The van der Waals surface area contributed by atoms with Gasteiger partial charge in [-0.1, -0.05) is 11.6 Å². The molecule has 0 bridgehead atoms. The normalized spacial score (nSPS) is 12.2. The average Bonchev–Trinajstić information content (AvgIpc) is 2.56. The Morgan fingerprint density at radius 1 is 1.04 bits per heavy atom. The van der Waals surface area contributed by atoms with E-state index in [0.717, 1.165) is 0 Å². The summed E-state index contributed by atoms with van der Waals surface area (Å²) in [6.45, 7) is 4.95. The number of nitrogens with zero attached hydrogens (tertiary/aromatic N) is 2. The van der Waals surface area contributed by atoms with Gasteiger partial charge >= 0.3 is 0 Å². The standard InChI is InChI=1S/C17H18ClFN2O2S/c1-3-21(4-2)17(13-5-9-15(19)10-6-13)20-24(22,23)16-11-7-14(18)8-12-16/h5-12H,3-4H2,1-2H3/b20-17-. The van der Waals surface area contributed by atoms with Crippen LogP contribution in [0, 0.1) is 5.82 Å². The maximum absolute atomic E-state index is 13.2. The number of sulfonamides is 1. The Hall–Kier alpha value is -1.92. The van der Waals surface area contributed by atoms with Gasteiger partial charge in [0.05, 0.1) is 4.90 Å². The molecule has 0 aliphatic carbocycles. The molecule has 128 valence electrons. The Bertz CT molecular complexity index is 815. The van der Waals surface area contributed by atoms with Gasteiger partial charge in [-0.2, -0.15) is 8.42 Å². The summed E-state index contributed by atoms with van der Waals surface area (Å²) in [4.78, 5) is 1.86. The average molecular weight is 369 g/mol. The van der Waals surface area contributed by atoms with Gasteiger partial charge < -0.3 is 4.90 Å². The second-order valence-corrected chi connectivity index (χ2v) is 7.06. The molecule has 0 spiro atoms. The Labute approximate surface area is 146 Å². The molecule has 0 heterocycles. The van der Waals surface area contributed by atoms with E-state index in [0.29, 0.717) is 23.7 Å². The lowest BCUT2D eigenvalue weighted by Crippen LogP contribution is -2.32. The van der Waals surface area contributed by atoms with Crippen molar-refractivity contribution in [1.29, 1.82) is 0 Å². The highest BCUT2D eigenvalue weighted by molar-refractivity contribution is 7.90. The fourth-order valence-corrected chi connectivity index (χ4v) is 3.35. The number of amidine groups is 1. The number of hydrogen-bond acceptors (Lipinski definition) is 2. The molecule has 0 N–H and O–H groups in total. The van der Waals surface area contributed by atoms with Crippen LogP contribution in [0.25, 0.3) is 0 Å². The van der Waals surface area contributed by atoms with Crippen LogP contribution in [0.5, 0.6) is 0 Å². The van der Waals surface area contributed by atoms with Crippen molar-refractivity contribution in [3.8, 4) is 0 Å². The lowest BCUT2D eigenvalue weighted by molar-refractivity contribution is 0.466. The zero-order valence-corrected chi connectivity index (χ0v) is 15.0. The molecule has 0 unspecified atom stereocenters. The maximum Gasteiger partial charge on any atom is 0.284 e. The van der Waals surface area contributed by atoms with Crippen molar-refractivity contribution in [3.63, 3.8) is 0 Å².